The van der Waals surface area contributed by atoms with Crippen LogP contribution in [-0.2, 0) is 0 Å². The van der Waals surface area contributed by atoms with E-state index in [4.69, 9.17) is 10.2 Å². The fraction of sp³-hybridized carbons (Fsp3) is 1.00. The molecule has 0 radical (unpaired) electrons. The maximum absolute atomic E-state index is 11.8. The summed E-state index contributed by atoms with van der Waals surface area (Å²) in [5.74, 6) is -9.20. The molecule has 0 heterocycles. The van der Waals surface area contributed by atoms with Crippen molar-refractivity contribution in [2.24, 2.45) is 0 Å². The lowest BCUT2D eigenvalue weighted by molar-refractivity contribution is -0.296. The molecule has 0 bridgehead atoms. The van der Waals surface area contributed by atoms with Gasteiger partial charge in [0.15, 0.2) is 0 Å². The van der Waals surface area contributed by atoms with Gasteiger partial charge in [0, 0.05) is 6.92 Å². The molecule has 0 atom stereocenters. The summed E-state index contributed by atoms with van der Waals surface area (Å²) in [6.45, 7) is -0.0908. The summed E-state index contributed by atoms with van der Waals surface area (Å²) >= 11 is 0. The third kappa shape index (κ3) is 1.57. The minimum Gasteiger partial charge on any atom is -0.363 e. The van der Waals surface area contributed by atoms with E-state index in [0.29, 0.717) is 0 Å². The first kappa shape index (κ1) is 9.64. The summed E-state index contributed by atoms with van der Waals surface area (Å²) in [6, 6.07) is 0. The highest BCUT2D eigenvalue weighted by atomic mass is 19.3. The summed E-state index contributed by atoms with van der Waals surface area (Å²) in [5.41, 5.74) is 0. The summed E-state index contributed by atoms with van der Waals surface area (Å²) in [4.78, 5) is 0. The van der Waals surface area contributed by atoms with Crippen LogP contribution in [0.3, 0.4) is 0 Å². The van der Waals surface area contributed by atoms with Gasteiger partial charge in [-0.1, -0.05) is 0 Å². The van der Waals surface area contributed by atoms with Crippen molar-refractivity contribution in [1.29, 1.82) is 0 Å². The molecule has 0 fully saturated rings. The predicted octanol–water partition coefficient (Wildman–Crippen LogP) is 0.588. The van der Waals surface area contributed by atoms with E-state index in [-0.39, 0.29) is 6.92 Å². The third-order valence-corrected chi connectivity index (χ3v) is 0.910. The van der Waals surface area contributed by atoms with Crippen LogP contribution < -0.4 is 0 Å². The van der Waals surface area contributed by atoms with E-state index in [1.54, 1.807) is 0 Å². The summed E-state index contributed by atoms with van der Waals surface area (Å²) in [6.07, 6.45) is -3.33. The van der Waals surface area contributed by atoms with Crippen molar-refractivity contribution >= 4 is 0 Å². The molecule has 0 aliphatic carbocycles. The Balaban J connectivity index is 4.40. The molecule has 10 heavy (non-hydrogen) atoms. The lowest BCUT2D eigenvalue weighted by Gasteiger charge is -2.23. The molecule has 0 spiro atoms. The van der Waals surface area contributed by atoms with Gasteiger partial charge in [0.05, 0.1) is 0 Å². The van der Waals surface area contributed by atoms with Gasteiger partial charge in [0.1, 0.15) is 0 Å². The van der Waals surface area contributed by atoms with Crippen LogP contribution in [0.1, 0.15) is 6.92 Å². The van der Waals surface area contributed by atoms with Gasteiger partial charge < -0.3 is 10.2 Å². The van der Waals surface area contributed by atoms with Gasteiger partial charge >= 0.3 is 11.8 Å². The zero-order chi connectivity index (χ0) is 8.58. The average Bonchev–Trinajstić information content (AvgIpc) is 1.62. The quantitative estimate of drug-likeness (QED) is 0.460. The van der Waals surface area contributed by atoms with Crippen molar-refractivity contribution in [3.05, 3.63) is 0 Å². The monoisotopic (exact) mass is 162 g/mol. The van der Waals surface area contributed by atoms with Crippen LogP contribution in [0.5, 0.6) is 0 Å². The number of halogens is 4. The second-order valence-corrected chi connectivity index (χ2v) is 1.89. The highest BCUT2D eigenvalue weighted by Gasteiger charge is 2.57. The van der Waals surface area contributed by atoms with E-state index in [1.807, 2.05) is 0 Å². The van der Waals surface area contributed by atoms with Gasteiger partial charge in [-0.15, -0.1) is 0 Å². The number of aliphatic hydroxyl groups excluding tert-OH is 1. The molecule has 0 unspecified atom stereocenters. The molecule has 0 aliphatic heterocycles. The van der Waals surface area contributed by atoms with Crippen molar-refractivity contribution in [3.8, 4) is 0 Å². The Kier molecular flexibility index (Phi) is 2.27. The lowest BCUT2D eigenvalue weighted by Crippen LogP contribution is -2.47. The van der Waals surface area contributed by atoms with Crippen molar-refractivity contribution in [1.82, 2.24) is 0 Å². The highest BCUT2D eigenvalue weighted by molar-refractivity contribution is 4.81. The predicted molar refractivity (Wildman–Crippen MR) is 23.8 cm³/mol. The van der Waals surface area contributed by atoms with Crippen LogP contribution in [0.2, 0.25) is 0 Å². The molecule has 0 saturated carbocycles. The maximum Gasteiger partial charge on any atom is 0.358 e. The fourth-order valence-electron chi connectivity index (χ4n) is 0.227. The largest absolute Gasteiger partial charge is 0.363 e. The second-order valence-electron chi connectivity index (χ2n) is 1.89. The molecule has 0 aromatic heterocycles. The Morgan fingerprint density at radius 3 is 1.40 bits per heavy atom. The normalized spacial score (nSPS) is 14.4. The molecule has 0 rings (SSSR count). The van der Waals surface area contributed by atoms with Crippen LogP contribution in [0, 0.1) is 0 Å². The first-order valence-electron chi connectivity index (χ1n) is 2.31. The Morgan fingerprint density at radius 2 is 1.40 bits per heavy atom. The zero-order valence-corrected chi connectivity index (χ0v) is 4.98. The van der Waals surface area contributed by atoms with Gasteiger partial charge in [-0.3, -0.25) is 0 Å². The van der Waals surface area contributed by atoms with E-state index in [1.165, 1.54) is 0 Å². The van der Waals surface area contributed by atoms with Gasteiger partial charge in [-0.05, 0) is 0 Å². The lowest BCUT2D eigenvalue weighted by atomic mass is 10.2. The molecule has 0 aromatic carbocycles. The van der Waals surface area contributed by atoms with Gasteiger partial charge in [0.2, 0.25) is 6.29 Å². The Labute approximate surface area is 54.1 Å². The van der Waals surface area contributed by atoms with Gasteiger partial charge in [-0.2, -0.15) is 8.78 Å². The van der Waals surface area contributed by atoms with E-state index in [0.717, 1.165) is 0 Å². The van der Waals surface area contributed by atoms with Gasteiger partial charge in [-0.25, -0.2) is 8.78 Å². The smallest absolute Gasteiger partial charge is 0.358 e. The van der Waals surface area contributed by atoms with Crippen molar-refractivity contribution < 1.29 is 27.8 Å². The van der Waals surface area contributed by atoms with Crippen molar-refractivity contribution in [2.75, 3.05) is 0 Å². The molecule has 0 aliphatic rings. The Hall–Kier alpha value is -0.360. The van der Waals surface area contributed by atoms with Crippen LogP contribution in [-0.4, -0.2) is 28.3 Å². The molecule has 0 amide bonds. The molecule has 0 aromatic rings. The number of alkyl halides is 4. The maximum atomic E-state index is 11.8. The minimum atomic E-state index is -4.78. The Bertz CT molecular complexity index is 117. The fourth-order valence-corrected chi connectivity index (χ4v) is 0.227. The van der Waals surface area contributed by atoms with E-state index in [2.05, 4.69) is 0 Å². The van der Waals surface area contributed by atoms with Gasteiger partial charge in [0.25, 0.3) is 0 Å². The molecule has 62 valence electrons. The van der Waals surface area contributed by atoms with Crippen LogP contribution in [0.25, 0.3) is 0 Å². The molecular formula is C4H6F4O2. The average molecular weight is 162 g/mol. The first-order chi connectivity index (χ1) is 4.19. The van der Waals surface area contributed by atoms with Crippen molar-refractivity contribution in [3.63, 3.8) is 0 Å². The highest BCUT2D eigenvalue weighted by Crippen LogP contribution is 2.35. The minimum absolute atomic E-state index is 0.0908. The zero-order valence-electron chi connectivity index (χ0n) is 4.98. The summed E-state index contributed by atoms with van der Waals surface area (Å²) in [5, 5.41) is 15.5. The van der Waals surface area contributed by atoms with E-state index >= 15 is 0 Å². The van der Waals surface area contributed by atoms with Crippen LogP contribution in [0.15, 0.2) is 0 Å². The molecule has 0 saturated heterocycles. The van der Waals surface area contributed by atoms with Crippen molar-refractivity contribution in [2.45, 2.75) is 25.1 Å². The topological polar surface area (TPSA) is 40.5 Å². The summed E-state index contributed by atoms with van der Waals surface area (Å²) < 4.78 is 47.0. The first-order valence-corrected chi connectivity index (χ1v) is 2.31. The number of hydrogen-bond donors (Lipinski definition) is 2. The van der Waals surface area contributed by atoms with Crippen LogP contribution in [0.4, 0.5) is 17.6 Å². The van der Waals surface area contributed by atoms with E-state index in [9.17, 15) is 17.6 Å². The van der Waals surface area contributed by atoms with E-state index < -0.39 is 18.1 Å². The summed E-state index contributed by atoms with van der Waals surface area (Å²) in [7, 11) is 0. The molecule has 2 N–H and O–H groups in total. The number of aliphatic hydroxyl groups is 2. The SMILES string of the molecule is CC(F)(F)C(F)(F)C(O)O. The second kappa shape index (κ2) is 2.35. The third-order valence-electron chi connectivity index (χ3n) is 0.910. The van der Waals surface area contributed by atoms with Crippen LogP contribution >= 0.6 is 0 Å². The number of rotatable bonds is 2. The number of hydrogen-bond acceptors (Lipinski definition) is 2. The molecular weight excluding hydrogens is 156 g/mol. The molecule has 6 heteroatoms. The standard InChI is InChI=1S/C4H6F4O2/c1-3(5,6)4(7,8)2(9)10/h2,9-10H,1H3. The Morgan fingerprint density at radius 1 is 1.10 bits per heavy atom. The molecule has 2 nitrogen and oxygen atoms in total.